The molecule has 0 saturated carbocycles. The van der Waals surface area contributed by atoms with Gasteiger partial charge in [-0.15, -0.1) is 6.58 Å². The van der Waals surface area contributed by atoms with Gasteiger partial charge in [0.15, 0.2) is 0 Å². The molecular weight excluding hydrogens is 186 g/mol. The molecule has 2 fully saturated rings. The molecule has 0 aromatic carbocycles. The second kappa shape index (κ2) is 7.02. The third-order valence-electron chi connectivity index (χ3n) is 3.26. The van der Waals surface area contributed by atoms with Crippen molar-refractivity contribution in [2.75, 3.05) is 20.2 Å². The Morgan fingerprint density at radius 3 is 2.73 bits per heavy atom. The van der Waals surface area contributed by atoms with Gasteiger partial charge in [-0.1, -0.05) is 13.0 Å². The van der Waals surface area contributed by atoms with Gasteiger partial charge in [0.05, 0.1) is 6.10 Å². The van der Waals surface area contributed by atoms with E-state index in [-0.39, 0.29) is 0 Å². The quantitative estimate of drug-likeness (QED) is 0.618. The first-order valence-electron chi connectivity index (χ1n) is 6.22. The lowest BCUT2D eigenvalue weighted by Crippen LogP contribution is -2.49. The van der Waals surface area contributed by atoms with Crippen molar-refractivity contribution in [3.8, 4) is 0 Å². The van der Waals surface area contributed by atoms with Crippen LogP contribution in [0.1, 0.15) is 39.0 Å². The van der Waals surface area contributed by atoms with Crippen molar-refractivity contribution in [2.24, 2.45) is 0 Å². The Morgan fingerprint density at radius 1 is 1.40 bits per heavy atom. The minimum absolute atomic E-state index is 0.558. The third-order valence-corrected chi connectivity index (χ3v) is 3.26. The fourth-order valence-electron chi connectivity index (χ4n) is 2.31. The number of piperidine rings is 1. The lowest BCUT2D eigenvalue weighted by molar-refractivity contribution is -0.0674. The Labute approximate surface area is 94.3 Å². The standard InChI is InChI=1S/C9H17NO.C4H8/c1-10-6-2-5-9-8(10)4-3-7-11-9;1-3-4-2/h8-9H,2-7H2,1H3;3H,1,4H2,2H3. The number of allylic oxidation sites excluding steroid dienone is 1. The van der Waals surface area contributed by atoms with Crippen LogP contribution in [0.5, 0.6) is 0 Å². The van der Waals surface area contributed by atoms with Gasteiger partial charge in [0, 0.05) is 12.6 Å². The Hall–Kier alpha value is -0.340. The summed E-state index contributed by atoms with van der Waals surface area (Å²) in [6.07, 6.45) is 8.72. The second-order valence-corrected chi connectivity index (χ2v) is 4.44. The van der Waals surface area contributed by atoms with Gasteiger partial charge in [0.25, 0.3) is 0 Å². The highest BCUT2D eigenvalue weighted by Crippen LogP contribution is 2.26. The predicted molar refractivity (Wildman–Crippen MR) is 65.1 cm³/mol. The molecule has 2 aliphatic rings. The first kappa shape index (κ1) is 12.7. The zero-order chi connectivity index (χ0) is 11.1. The van der Waals surface area contributed by atoms with Gasteiger partial charge < -0.3 is 9.64 Å². The Morgan fingerprint density at radius 2 is 2.13 bits per heavy atom. The number of likely N-dealkylation sites (N-methyl/N-ethyl adjacent to an activating group) is 1. The van der Waals surface area contributed by atoms with Crippen LogP contribution in [0.25, 0.3) is 0 Å². The molecule has 2 aliphatic heterocycles. The maximum Gasteiger partial charge on any atom is 0.0730 e. The lowest BCUT2D eigenvalue weighted by Gasteiger charge is -2.41. The average molecular weight is 211 g/mol. The largest absolute Gasteiger partial charge is 0.377 e. The molecule has 0 aromatic rings. The number of hydrogen-bond acceptors (Lipinski definition) is 2. The van der Waals surface area contributed by atoms with Gasteiger partial charge >= 0.3 is 0 Å². The molecular formula is C13H25NO. The molecule has 0 bridgehead atoms. The maximum absolute atomic E-state index is 5.71. The molecule has 2 heteroatoms. The van der Waals surface area contributed by atoms with E-state index in [0.29, 0.717) is 6.10 Å². The molecule has 2 rings (SSSR count). The minimum Gasteiger partial charge on any atom is -0.377 e. The Balaban J connectivity index is 0.000000245. The van der Waals surface area contributed by atoms with Crippen LogP contribution >= 0.6 is 0 Å². The van der Waals surface area contributed by atoms with E-state index >= 15 is 0 Å². The van der Waals surface area contributed by atoms with Crippen LogP contribution in [0.2, 0.25) is 0 Å². The van der Waals surface area contributed by atoms with E-state index < -0.39 is 0 Å². The molecule has 2 atom stereocenters. The molecule has 0 spiro atoms. The average Bonchev–Trinajstić information content (AvgIpc) is 2.30. The molecule has 2 heterocycles. The van der Waals surface area contributed by atoms with E-state index in [1.165, 1.54) is 32.2 Å². The summed E-state index contributed by atoms with van der Waals surface area (Å²) in [5.41, 5.74) is 0. The molecule has 0 amide bonds. The molecule has 88 valence electrons. The highest BCUT2D eigenvalue weighted by Gasteiger charge is 2.31. The van der Waals surface area contributed by atoms with Crippen molar-refractivity contribution in [3.63, 3.8) is 0 Å². The van der Waals surface area contributed by atoms with Crippen LogP contribution in [-0.2, 0) is 4.74 Å². The highest BCUT2D eigenvalue weighted by molar-refractivity contribution is 4.85. The predicted octanol–water partition coefficient (Wildman–Crippen LogP) is 2.84. The van der Waals surface area contributed by atoms with Crippen LogP contribution < -0.4 is 0 Å². The van der Waals surface area contributed by atoms with Crippen LogP contribution in [0.3, 0.4) is 0 Å². The van der Waals surface area contributed by atoms with Crippen molar-refractivity contribution < 1.29 is 4.74 Å². The number of hydrogen-bond donors (Lipinski definition) is 0. The van der Waals surface area contributed by atoms with Gasteiger partial charge in [-0.25, -0.2) is 0 Å². The summed E-state index contributed by atoms with van der Waals surface area (Å²) in [6.45, 7) is 7.81. The number of likely N-dealkylation sites (tertiary alicyclic amines) is 1. The number of nitrogens with zero attached hydrogens (tertiary/aromatic N) is 1. The van der Waals surface area contributed by atoms with E-state index in [1.54, 1.807) is 0 Å². The third kappa shape index (κ3) is 3.96. The van der Waals surface area contributed by atoms with Crippen LogP contribution in [0.4, 0.5) is 0 Å². The van der Waals surface area contributed by atoms with Crippen molar-refractivity contribution in [2.45, 2.75) is 51.2 Å². The first-order valence-corrected chi connectivity index (χ1v) is 6.22. The molecule has 2 unspecified atom stereocenters. The molecule has 2 nitrogen and oxygen atoms in total. The molecule has 0 aromatic heterocycles. The highest BCUT2D eigenvalue weighted by atomic mass is 16.5. The van der Waals surface area contributed by atoms with Gasteiger partial charge in [0.1, 0.15) is 0 Å². The zero-order valence-corrected chi connectivity index (χ0v) is 10.2. The van der Waals surface area contributed by atoms with Gasteiger partial charge in [0.2, 0.25) is 0 Å². The number of fused-ring (bicyclic) bond motifs is 1. The van der Waals surface area contributed by atoms with E-state index in [4.69, 9.17) is 4.74 Å². The summed E-state index contributed by atoms with van der Waals surface area (Å²) in [5, 5.41) is 0. The summed E-state index contributed by atoms with van der Waals surface area (Å²) in [4.78, 5) is 2.47. The van der Waals surface area contributed by atoms with Gasteiger partial charge in [-0.3, -0.25) is 0 Å². The monoisotopic (exact) mass is 211 g/mol. The smallest absolute Gasteiger partial charge is 0.0730 e. The topological polar surface area (TPSA) is 12.5 Å². The molecule has 0 N–H and O–H groups in total. The van der Waals surface area contributed by atoms with Gasteiger partial charge in [-0.2, -0.15) is 0 Å². The van der Waals surface area contributed by atoms with E-state index in [9.17, 15) is 0 Å². The number of ether oxygens (including phenoxy) is 1. The van der Waals surface area contributed by atoms with Crippen LogP contribution in [0.15, 0.2) is 12.7 Å². The maximum atomic E-state index is 5.71. The normalized spacial score (nSPS) is 31.1. The number of rotatable bonds is 1. The zero-order valence-electron chi connectivity index (χ0n) is 10.2. The first-order chi connectivity index (χ1) is 7.29. The van der Waals surface area contributed by atoms with Crippen molar-refractivity contribution in [3.05, 3.63) is 12.7 Å². The summed E-state index contributed by atoms with van der Waals surface area (Å²) < 4.78 is 5.71. The minimum atomic E-state index is 0.558. The van der Waals surface area contributed by atoms with Crippen LogP contribution in [-0.4, -0.2) is 37.2 Å². The van der Waals surface area contributed by atoms with Crippen molar-refractivity contribution >= 4 is 0 Å². The summed E-state index contributed by atoms with van der Waals surface area (Å²) in [5.74, 6) is 0. The van der Waals surface area contributed by atoms with E-state index in [0.717, 1.165) is 19.1 Å². The Bertz CT molecular complexity index is 179. The van der Waals surface area contributed by atoms with E-state index in [1.807, 2.05) is 6.08 Å². The molecule has 0 aliphatic carbocycles. The van der Waals surface area contributed by atoms with Crippen molar-refractivity contribution in [1.29, 1.82) is 0 Å². The fraction of sp³-hybridized carbons (Fsp3) is 0.846. The Kier molecular flexibility index (Phi) is 5.96. The SMILES string of the molecule is C=CCC.CN1CCCC2OCCCC21. The molecule has 2 saturated heterocycles. The lowest BCUT2D eigenvalue weighted by atomic mass is 9.93. The summed E-state index contributed by atoms with van der Waals surface area (Å²) in [7, 11) is 2.23. The second-order valence-electron chi connectivity index (χ2n) is 4.44. The molecule has 0 radical (unpaired) electrons. The van der Waals surface area contributed by atoms with Crippen LogP contribution in [0, 0.1) is 0 Å². The summed E-state index contributed by atoms with van der Waals surface area (Å²) in [6, 6.07) is 0.734. The van der Waals surface area contributed by atoms with E-state index in [2.05, 4.69) is 25.5 Å². The molecule has 15 heavy (non-hydrogen) atoms. The van der Waals surface area contributed by atoms with Crippen molar-refractivity contribution in [1.82, 2.24) is 4.90 Å². The fourth-order valence-corrected chi connectivity index (χ4v) is 2.31. The van der Waals surface area contributed by atoms with Gasteiger partial charge in [-0.05, 0) is 45.7 Å². The summed E-state index contributed by atoms with van der Waals surface area (Å²) >= 11 is 0.